The third-order valence-electron chi connectivity index (χ3n) is 5.43. The number of carboxylic acid groups (broad SMARTS) is 1. The molecule has 142 valence electrons. The fourth-order valence-electron chi connectivity index (χ4n) is 3.92. The van der Waals surface area contributed by atoms with Gasteiger partial charge in [-0.05, 0) is 30.4 Å². The number of hydrogen-bond acceptors (Lipinski definition) is 3. The van der Waals surface area contributed by atoms with E-state index in [1.807, 2.05) is 53.4 Å². The highest BCUT2D eigenvalue weighted by atomic mass is 16.4. The lowest BCUT2D eigenvalue weighted by Gasteiger charge is -2.35. The lowest BCUT2D eigenvalue weighted by molar-refractivity contribution is -0.314. The van der Waals surface area contributed by atoms with E-state index in [4.69, 9.17) is 0 Å². The summed E-state index contributed by atoms with van der Waals surface area (Å²) in [5.41, 5.74) is 2.23. The molecule has 1 aliphatic rings. The van der Waals surface area contributed by atoms with Crippen molar-refractivity contribution in [1.29, 1.82) is 0 Å². The number of carboxylic acids is 1. The Balaban J connectivity index is 1.76. The first-order valence-corrected chi connectivity index (χ1v) is 9.72. The van der Waals surface area contributed by atoms with E-state index in [0.717, 1.165) is 24.8 Å². The highest BCUT2D eigenvalue weighted by Gasteiger charge is 2.34. The van der Waals surface area contributed by atoms with E-state index in [2.05, 4.69) is 12.1 Å². The minimum absolute atomic E-state index is 0.0521. The van der Waals surface area contributed by atoms with Crippen LogP contribution in [0, 0.1) is 11.8 Å². The number of benzene rings is 2. The number of nitrogens with zero attached hydrogens (tertiary/aromatic N) is 1. The number of carbonyl (C=O) groups is 2. The third kappa shape index (κ3) is 5.19. The molecule has 3 rings (SSSR count). The molecule has 0 N–H and O–H groups in total. The van der Waals surface area contributed by atoms with Crippen molar-refractivity contribution in [2.45, 2.75) is 38.6 Å². The molecule has 0 heterocycles. The van der Waals surface area contributed by atoms with E-state index in [1.165, 1.54) is 5.56 Å². The maximum atomic E-state index is 13.3. The van der Waals surface area contributed by atoms with Gasteiger partial charge in [0.1, 0.15) is 0 Å². The minimum atomic E-state index is -1.09. The van der Waals surface area contributed by atoms with Crippen LogP contribution in [-0.2, 0) is 22.6 Å². The Morgan fingerprint density at radius 1 is 0.852 bits per heavy atom. The Kier molecular flexibility index (Phi) is 6.64. The average molecular weight is 364 g/mol. The predicted molar refractivity (Wildman–Crippen MR) is 102 cm³/mol. The molecule has 4 nitrogen and oxygen atoms in total. The molecule has 27 heavy (non-hydrogen) atoms. The molecular weight excluding hydrogens is 338 g/mol. The van der Waals surface area contributed by atoms with Crippen LogP contribution in [0.1, 0.15) is 36.8 Å². The molecule has 0 saturated heterocycles. The number of carbonyl (C=O) groups excluding carboxylic acids is 2. The van der Waals surface area contributed by atoms with E-state index < -0.39 is 17.8 Å². The summed E-state index contributed by atoms with van der Waals surface area (Å²) in [4.78, 5) is 26.6. The van der Waals surface area contributed by atoms with Gasteiger partial charge < -0.3 is 14.8 Å². The largest absolute Gasteiger partial charge is 0.550 e. The summed E-state index contributed by atoms with van der Waals surface area (Å²) in [7, 11) is 0. The first-order chi connectivity index (χ1) is 13.1. The van der Waals surface area contributed by atoms with Gasteiger partial charge in [0.05, 0.1) is 0 Å². The zero-order valence-corrected chi connectivity index (χ0v) is 15.5. The van der Waals surface area contributed by atoms with Crippen molar-refractivity contribution >= 4 is 11.9 Å². The van der Waals surface area contributed by atoms with Crippen LogP contribution < -0.4 is 5.11 Å². The van der Waals surface area contributed by atoms with Gasteiger partial charge in [-0.1, -0.05) is 73.5 Å². The molecule has 0 spiro atoms. The Morgan fingerprint density at radius 3 is 2.00 bits per heavy atom. The van der Waals surface area contributed by atoms with Gasteiger partial charge in [-0.25, -0.2) is 0 Å². The molecule has 1 fully saturated rings. The summed E-state index contributed by atoms with van der Waals surface area (Å²) in [5.74, 6) is -2.27. The zero-order valence-electron chi connectivity index (χ0n) is 15.5. The topological polar surface area (TPSA) is 60.4 Å². The van der Waals surface area contributed by atoms with Crippen LogP contribution in [0.3, 0.4) is 0 Å². The van der Waals surface area contributed by atoms with Gasteiger partial charge in [-0.3, -0.25) is 4.79 Å². The van der Waals surface area contributed by atoms with Crippen LogP contribution in [0.25, 0.3) is 0 Å². The second-order valence-electron chi connectivity index (χ2n) is 7.30. The predicted octanol–water partition coefficient (Wildman–Crippen LogP) is 2.81. The summed E-state index contributed by atoms with van der Waals surface area (Å²) >= 11 is 0. The highest BCUT2D eigenvalue weighted by Crippen LogP contribution is 2.31. The van der Waals surface area contributed by atoms with Crippen molar-refractivity contribution in [2.24, 2.45) is 11.8 Å². The van der Waals surface area contributed by atoms with Crippen LogP contribution >= 0.6 is 0 Å². The first-order valence-electron chi connectivity index (χ1n) is 9.72. The number of rotatable bonds is 7. The number of hydrogen-bond donors (Lipinski definition) is 0. The second kappa shape index (κ2) is 9.36. The van der Waals surface area contributed by atoms with Gasteiger partial charge in [0.2, 0.25) is 5.91 Å². The first kappa shape index (κ1) is 19.2. The number of amides is 1. The molecule has 1 aliphatic carbocycles. The molecule has 0 aromatic heterocycles. The SMILES string of the molecule is O=C([O-])[C@@H]1CCCC[C@@H]1C(=O)N(CCc1ccccc1)Cc1ccccc1. The molecular formula is C23H26NO3-. The average Bonchev–Trinajstić information content (AvgIpc) is 2.72. The Hall–Kier alpha value is -2.62. The standard InChI is InChI=1S/C23H27NO3/c25-22(20-13-7-8-14-21(20)23(26)27)24(17-19-11-5-2-6-12-19)16-15-18-9-3-1-4-10-18/h1-6,9-12,20-21H,7-8,13-17H2,(H,26,27)/p-1/t20-,21+/m0/s1. The lowest BCUT2D eigenvalue weighted by Crippen LogP contribution is -2.46. The van der Waals surface area contributed by atoms with Crippen LogP contribution in [0.2, 0.25) is 0 Å². The maximum Gasteiger partial charge on any atom is 0.226 e. The lowest BCUT2D eigenvalue weighted by atomic mass is 9.78. The van der Waals surface area contributed by atoms with Crippen molar-refractivity contribution in [3.63, 3.8) is 0 Å². The molecule has 1 saturated carbocycles. The molecule has 1 amide bonds. The molecule has 0 aliphatic heterocycles. The maximum absolute atomic E-state index is 13.3. The van der Waals surface area contributed by atoms with Crippen LogP contribution in [-0.4, -0.2) is 23.3 Å². The van der Waals surface area contributed by atoms with E-state index in [9.17, 15) is 14.7 Å². The van der Waals surface area contributed by atoms with Gasteiger partial charge in [0.25, 0.3) is 0 Å². The van der Waals surface area contributed by atoms with Crippen molar-refractivity contribution in [1.82, 2.24) is 4.90 Å². The highest BCUT2D eigenvalue weighted by molar-refractivity contribution is 5.84. The molecule has 0 unspecified atom stereocenters. The molecule has 4 heteroatoms. The van der Waals surface area contributed by atoms with Gasteiger partial charge >= 0.3 is 0 Å². The summed E-state index contributed by atoms with van der Waals surface area (Å²) in [6, 6.07) is 19.9. The van der Waals surface area contributed by atoms with Crippen LogP contribution in [0.5, 0.6) is 0 Å². The monoisotopic (exact) mass is 364 g/mol. The number of aliphatic carboxylic acids is 1. The van der Waals surface area contributed by atoms with Gasteiger partial charge in [0.15, 0.2) is 0 Å². The van der Waals surface area contributed by atoms with Crippen molar-refractivity contribution in [2.75, 3.05) is 6.54 Å². The Morgan fingerprint density at radius 2 is 1.41 bits per heavy atom. The normalized spacial score (nSPS) is 19.4. The Bertz CT molecular complexity index is 745. The van der Waals surface area contributed by atoms with Crippen LogP contribution in [0.4, 0.5) is 0 Å². The summed E-state index contributed by atoms with van der Waals surface area (Å²) in [5, 5.41) is 11.5. The summed E-state index contributed by atoms with van der Waals surface area (Å²) in [6.07, 6.45) is 3.68. The Labute approximate surface area is 160 Å². The van der Waals surface area contributed by atoms with Crippen molar-refractivity contribution in [3.8, 4) is 0 Å². The third-order valence-corrected chi connectivity index (χ3v) is 5.43. The van der Waals surface area contributed by atoms with E-state index in [1.54, 1.807) is 0 Å². The fourth-order valence-corrected chi connectivity index (χ4v) is 3.92. The quantitative estimate of drug-likeness (QED) is 0.759. The smallest absolute Gasteiger partial charge is 0.226 e. The zero-order chi connectivity index (χ0) is 19.1. The van der Waals surface area contributed by atoms with E-state index in [0.29, 0.717) is 25.9 Å². The van der Waals surface area contributed by atoms with Crippen molar-refractivity contribution < 1.29 is 14.7 Å². The molecule has 2 aromatic carbocycles. The molecule has 2 atom stereocenters. The summed E-state index contributed by atoms with van der Waals surface area (Å²) < 4.78 is 0. The second-order valence-corrected chi connectivity index (χ2v) is 7.30. The van der Waals surface area contributed by atoms with Gasteiger partial charge in [-0.15, -0.1) is 0 Å². The van der Waals surface area contributed by atoms with Crippen LogP contribution in [0.15, 0.2) is 60.7 Å². The van der Waals surface area contributed by atoms with E-state index >= 15 is 0 Å². The summed E-state index contributed by atoms with van der Waals surface area (Å²) in [6.45, 7) is 1.08. The van der Waals surface area contributed by atoms with E-state index in [-0.39, 0.29) is 5.91 Å². The molecule has 2 aromatic rings. The molecule has 0 radical (unpaired) electrons. The molecule has 0 bridgehead atoms. The van der Waals surface area contributed by atoms with Crippen molar-refractivity contribution in [3.05, 3.63) is 71.8 Å². The van der Waals surface area contributed by atoms with Gasteiger partial charge in [-0.2, -0.15) is 0 Å². The van der Waals surface area contributed by atoms with Gasteiger partial charge in [0, 0.05) is 30.9 Å². The minimum Gasteiger partial charge on any atom is -0.550 e. The fraction of sp³-hybridized carbons (Fsp3) is 0.391.